The predicted octanol–water partition coefficient (Wildman–Crippen LogP) is 3.89. The molecule has 0 spiro atoms. The van der Waals surface area contributed by atoms with Gasteiger partial charge in [0, 0.05) is 31.2 Å². The van der Waals surface area contributed by atoms with E-state index in [1.165, 1.54) is 0 Å². The van der Waals surface area contributed by atoms with Gasteiger partial charge in [0.1, 0.15) is 23.7 Å². The van der Waals surface area contributed by atoms with E-state index in [0.29, 0.717) is 25.9 Å². The molecule has 10 heteroatoms. The number of carbonyl (C=O) groups is 2. The zero-order chi connectivity index (χ0) is 34.0. The van der Waals surface area contributed by atoms with Crippen molar-refractivity contribution in [2.45, 2.75) is 148 Å². The van der Waals surface area contributed by atoms with Gasteiger partial charge in [-0.3, -0.25) is 9.59 Å². The second-order valence-electron chi connectivity index (χ2n) is 15.5. The first kappa shape index (κ1) is 38.3. The lowest BCUT2D eigenvalue weighted by atomic mass is 9.72. The van der Waals surface area contributed by atoms with E-state index < -0.39 is 53.6 Å². The SMILES string of the molecule is CC[C@H]1OC(=O)[C@H](C)C(=O)[C@H](C)[C@@H](O[C@@H]2O[C@H](C)C[C@H](N(C)C)[C@H]2O)[C@@]2(C)C[C@@H](C)N(C)C[C@H](C)[C@@H](CCC(C)CO2)[C@]1(C)O. The van der Waals surface area contributed by atoms with Crippen LogP contribution in [-0.2, 0) is 28.5 Å². The highest BCUT2D eigenvalue weighted by molar-refractivity contribution is 6.00. The number of nitrogens with zero attached hydrogens (tertiary/aromatic N) is 2. The summed E-state index contributed by atoms with van der Waals surface area (Å²) in [6.45, 7) is 18.6. The molecule has 4 saturated heterocycles. The van der Waals surface area contributed by atoms with Crippen molar-refractivity contribution in [3.63, 3.8) is 0 Å². The van der Waals surface area contributed by atoms with Crippen molar-refractivity contribution in [3.8, 4) is 0 Å². The summed E-state index contributed by atoms with van der Waals surface area (Å²) < 4.78 is 25.8. The molecule has 4 heterocycles. The van der Waals surface area contributed by atoms with Crippen molar-refractivity contribution in [3.05, 3.63) is 0 Å². The van der Waals surface area contributed by atoms with Crippen LogP contribution in [0.5, 0.6) is 0 Å². The highest BCUT2D eigenvalue weighted by Crippen LogP contribution is 2.40. The number of rotatable bonds is 4. The quantitative estimate of drug-likeness (QED) is 0.346. The minimum atomic E-state index is -1.29. The number of Topliss-reactive ketones (excluding diaryl/α,β-unsaturated/α-hetero) is 1. The summed E-state index contributed by atoms with van der Waals surface area (Å²) in [6.07, 6.45) is -0.542. The van der Waals surface area contributed by atoms with Crippen LogP contribution in [-0.4, -0.2) is 120 Å². The molecule has 14 atom stereocenters. The molecule has 2 N–H and O–H groups in total. The van der Waals surface area contributed by atoms with Crippen molar-refractivity contribution >= 4 is 11.8 Å². The Morgan fingerprint density at radius 3 is 2.31 bits per heavy atom. The van der Waals surface area contributed by atoms with E-state index in [4.69, 9.17) is 18.9 Å². The average molecular weight is 641 g/mol. The molecular formula is C35H64N2O8. The second kappa shape index (κ2) is 15.4. The molecule has 4 fully saturated rings. The molecule has 0 aromatic carbocycles. The number of hydrogen-bond donors (Lipinski definition) is 2. The fourth-order valence-electron chi connectivity index (χ4n) is 8.14. The highest BCUT2D eigenvalue weighted by atomic mass is 16.7. The van der Waals surface area contributed by atoms with Crippen LogP contribution in [0.15, 0.2) is 0 Å². The lowest BCUT2D eigenvalue weighted by molar-refractivity contribution is -0.298. The predicted molar refractivity (Wildman–Crippen MR) is 174 cm³/mol. The van der Waals surface area contributed by atoms with Crippen LogP contribution in [0.25, 0.3) is 0 Å². The number of ketones is 1. The van der Waals surface area contributed by atoms with Gasteiger partial charge in [0.25, 0.3) is 0 Å². The first-order valence-electron chi connectivity index (χ1n) is 17.3. The standard InChI is InChI=1S/C35H64N2O8/c1-13-28-35(9,41)26-15-14-20(2)19-42-34(8,17-22(4)37(12)18-21(26)3)31(24(6)29(38)25(7)32(40)44-28)45-33-30(39)27(36(10)11)16-23(5)43-33/h20-28,30-31,33,39,41H,13-19H2,1-12H3/t20?,21-,22+,23+,24-,25+,26+,27-,28+,30+,31+,33-,34+,35-/m0/s1. The van der Waals surface area contributed by atoms with Crippen LogP contribution in [0.2, 0.25) is 0 Å². The minimum absolute atomic E-state index is 0.0271. The molecule has 0 aliphatic carbocycles. The molecule has 45 heavy (non-hydrogen) atoms. The molecule has 1 unspecified atom stereocenters. The van der Waals surface area contributed by atoms with Gasteiger partial charge in [-0.1, -0.05) is 27.7 Å². The third-order valence-corrected chi connectivity index (χ3v) is 11.3. The van der Waals surface area contributed by atoms with Crippen LogP contribution in [0, 0.1) is 29.6 Å². The molecule has 4 aliphatic rings. The minimum Gasteiger partial charge on any atom is -0.459 e. The number of esters is 1. The fraction of sp³-hybridized carbons (Fsp3) is 0.943. The molecule has 4 aliphatic heterocycles. The maximum atomic E-state index is 14.2. The second-order valence-corrected chi connectivity index (χ2v) is 15.5. The van der Waals surface area contributed by atoms with E-state index in [0.717, 1.165) is 19.4 Å². The number of ether oxygens (including phenoxy) is 4. The van der Waals surface area contributed by atoms with Gasteiger partial charge in [-0.05, 0) is 106 Å². The highest BCUT2D eigenvalue weighted by Gasteiger charge is 2.51. The Labute approximate surface area is 272 Å². The molecule has 2 bridgehead atoms. The third-order valence-electron chi connectivity index (χ3n) is 11.3. The van der Waals surface area contributed by atoms with Gasteiger partial charge >= 0.3 is 5.97 Å². The van der Waals surface area contributed by atoms with Crippen molar-refractivity contribution < 1.29 is 38.7 Å². The lowest BCUT2D eigenvalue weighted by Gasteiger charge is -2.48. The van der Waals surface area contributed by atoms with Gasteiger partial charge in [0.05, 0.1) is 17.8 Å². The first-order chi connectivity index (χ1) is 20.8. The fourth-order valence-corrected chi connectivity index (χ4v) is 8.14. The van der Waals surface area contributed by atoms with Crippen molar-refractivity contribution in [1.29, 1.82) is 0 Å². The van der Waals surface area contributed by atoms with Crippen molar-refractivity contribution in [2.75, 3.05) is 34.3 Å². The molecule has 0 amide bonds. The van der Waals surface area contributed by atoms with Gasteiger partial charge in [-0.15, -0.1) is 0 Å². The molecular weight excluding hydrogens is 576 g/mol. The summed E-state index contributed by atoms with van der Waals surface area (Å²) >= 11 is 0. The Balaban J connectivity index is 2.18. The van der Waals surface area contributed by atoms with Crippen LogP contribution < -0.4 is 0 Å². The smallest absolute Gasteiger partial charge is 0.316 e. The number of aliphatic hydroxyl groups is 2. The van der Waals surface area contributed by atoms with Crippen LogP contribution in [0.4, 0.5) is 0 Å². The van der Waals surface area contributed by atoms with Crippen molar-refractivity contribution in [2.24, 2.45) is 29.6 Å². The molecule has 0 aromatic heterocycles. The summed E-state index contributed by atoms with van der Waals surface area (Å²) in [4.78, 5) is 32.1. The molecule has 0 aromatic rings. The molecule has 0 radical (unpaired) electrons. The van der Waals surface area contributed by atoms with E-state index in [1.54, 1.807) is 20.8 Å². The Bertz CT molecular complexity index is 993. The third kappa shape index (κ3) is 8.67. The van der Waals surface area contributed by atoms with Crippen LogP contribution >= 0.6 is 0 Å². The number of fused-ring (bicyclic) bond motifs is 15. The van der Waals surface area contributed by atoms with Gasteiger partial charge in [-0.25, -0.2) is 0 Å². The zero-order valence-corrected chi connectivity index (χ0v) is 30.1. The number of likely N-dealkylation sites (N-methyl/N-ethyl adjacent to an activating group) is 1. The number of hydrogen-bond acceptors (Lipinski definition) is 10. The summed E-state index contributed by atoms with van der Waals surface area (Å²) in [5.74, 6) is -2.73. The lowest BCUT2D eigenvalue weighted by Crippen LogP contribution is -2.60. The number of carbonyl (C=O) groups excluding carboxylic acids is 2. The number of aliphatic hydroxyl groups excluding tert-OH is 1. The summed E-state index contributed by atoms with van der Waals surface area (Å²) in [7, 11) is 5.94. The molecule has 4 rings (SSSR count). The Morgan fingerprint density at radius 2 is 1.71 bits per heavy atom. The van der Waals surface area contributed by atoms with Crippen molar-refractivity contribution in [1.82, 2.24) is 9.80 Å². The first-order valence-corrected chi connectivity index (χ1v) is 17.3. The summed E-state index contributed by atoms with van der Waals surface area (Å²) in [5, 5.41) is 23.5. The van der Waals surface area contributed by atoms with E-state index in [-0.39, 0.29) is 41.7 Å². The van der Waals surface area contributed by atoms with Gasteiger partial charge < -0.3 is 39.0 Å². The topological polar surface area (TPSA) is 118 Å². The van der Waals surface area contributed by atoms with Gasteiger partial charge in [-0.2, -0.15) is 0 Å². The monoisotopic (exact) mass is 640 g/mol. The summed E-state index contributed by atoms with van der Waals surface area (Å²) in [6, 6.07) is -0.163. The van der Waals surface area contributed by atoms with Crippen LogP contribution in [0.3, 0.4) is 0 Å². The van der Waals surface area contributed by atoms with E-state index in [9.17, 15) is 19.8 Å². The summed E-state index contributed by atoms with van der Waals surface area (Å²) in [5.41, 5.74) is -2.25. The molecule has 0 saturated carbocycles. The largest absolute Gasteiger partial charge is 0.459 e. The maximum absolute atomic E-state index is 14.2. The van der Waals surface area contributed by atoms with Crippen LogP contribution in [0.1, 0.15) is 94.4 Å². The molecule has 262 valence electrons. The average Bonchev–Trinajstić information content (AvgIpc) is 2.96. The Kier molecular flexibility index (Phi) is 13.1. The van der Waals surface area contributed by atoms with Gasteiger partial charge in [0.2, 0.25) is 0 Å². The van der Waals surface area contributed by atoms with E-state index in [1.807, 2.05) is 39.8 Å². The van der Waals surface area contributed by atoms with E-state index >= 15 is 0 Å². The maximum Gasteiger partial charge on any atom is 0.316 e. The van der Waals surface area contributed by atoms with Gasteiger partial charge in [0.15, 0.2) is 12.1 Å². The normalized spacial score (nSPS) is 46.9. The zero-order valence-electron chi connectivity index (χ0n) is 30.1. The van der Waals surface area contributed by atoms with E-state index in [2.05, 4.69) is 32.7 Å². The Morgan fingerprint density at radius 1 is 1.07 bits per heavy atom. The molecule has 10 nitrogen and oxygen atoms in total. The Hall–Kier alpha value is -1.14.